The molecule has 0 aliphatic heterocycles. The lowest BCUT2D eigenvalue weighted by Gasteiger charge is -1.97. The molecule has 0 fully saturated rings. The second-order valence-electron chi connectivity index (χ2n) is 2.62. The molecule has 1 nitrogen and oxygen atoms in total. The van der Waals surface area contributed by atoms with Crippen molar-refractivity contribution in [1.29, 1.82) is 0 Å². The van der Waals surface area contributed by atoms with Crippen molar-refractivity contribution >= 4 is 5.78 Å². The Hall–Kier alpha value is -1.37. The topological polar surface area (TPSA) is 17.1 Å². The molecule has 0 atom stereocenters. The van der Waals surface area contributed by atoms with Crippen LogP contribution >= 0.6 is 0 Å². The van der Waals surface area contributed by atoms with Crippen molar-refractivity contribution in [3.63, 3.8) is 0 Å². The zero-order valence-electron chi connectivity index (χ0n) is 7.21. The Morgan fingerprint density at radius 2 is 2.00 bits per heavy atom. The van der Waals surface area contributed by atoms with Crippen molar-refractivity contribution in [2.45, 2.75) is 13.3 Å². The average molecular weight is 160 g/mol. The van der Waals surface area contributed by atoms with E-state index in [1.807, 2.05) is 24.3 Å². The van der Waals surface area contributed by atoms with Gasteiger partial charge in [-0.05, 0) is 18.1 Å². The fraction of sp³-hybridized carbons (Fsp3) is 0.182. The largest absolute Gasteiger partial charge is 0.289 e. The number of carbonyl (C=O) groups is 1. The van der Waals surface area contributed by atoms with Gasteiger partial charge in [0.25, 0.3) is 0 Å². The number of hydrogen-bond acceptors (Lipinski definition) is 1. The smallest absolute Gasteiger partial charge is 0.185 e. The Morgan fingerprint density at radius 1 is 1.42 bits per heavy atom. The minimum Gasteiger partial charge on any atom is -0.289 e. The SMILES string of the molecule is C=CC(=O)c1ccc(CC)cc1. The van der Waals surface area contributed by atoms with Crippen molar-refractivity contribution in [2.24, 2.45) is 0 Å². The summed E-state index contributed by atoms with van der Waals surface area (Å²) in [6, 6.07) is 7.61. The summed E-state index contributed by atoms with van der Waals surface area (Å²) in [7, 11) is 0. The molecule has 0 heterocycles. The third kappa shape index (κ3) is 1.82. The zero-order valence-corrected chi connectivity index (χ0v) is 7.21. The highest BCUT2D eigenvalue weighted by atomic mass is 16.1. The van der Waals surface area contributed by atoms with Crippen molar-refractivity contribution in [3.05, 3.63) is 48.0 Å². The standard InChI is InChI=1S/C11H12O/c1-3-9-5-7-10(8-6-9)11(12)4-2/h4-8H,2-3H2,1H3. The monoisotopic (exact) mass is 160 g/mol. The third-order valence-electron chi connectivity index (χ3n) is 1.83. The highest BCUT2D eigenvalue weighted by Gasteiger charge is 1.98. The number of benzene rings is 1. The molecule has 0 aliphatic rings. The van der Waals surface area contributed by atoms with Gasteiger partial charge in [-0.1, -0.05) is 37.8 Å². The van der Waals surface area contributed by atoms with Crippen LogP contribution in [0.2, 0.25) is 0 Å². The molecule has 0 spiro atoms. The van der Waals surface area contributed by atoms with E-state index >= 15 is 0 Å². The summed E-state index contributed by atoms with van der Waals surface area (Å²) < 4.78 is 0. The van der Waals surface area contributed by atoms with Gasteiger partial charge >= 0.3 is 0 Å². The molecule has 0 aromatic heterocycles. The molecule has 0 amide bonds. The van der Waals surface area contributed by atoms with E-state index in [1.54, 1.807) is 0 Å². The van der Waals surface area contributed by atoms with E-state index in [0.29, 0.717) is 5.56 Å². The molecule has 1 heteroatoms. The summed E-state index contributed by atoms with van der Waals surface area (Å²) in [6.07, 6.45) is 2.34. The number of aryl methyl sites for hydroxylation is 1. The van der Waals surface area contributed by atoms with E-state index in [4.69, 9.17) is 0 Å². The Balaban J connectivity index is 2.91. The number of rotatable bonds is 3. The van der Waals surface area contributed by atoms with Crippen LogP contribution in [0, 0.1) is 0 Å². The van der Waals surface area contributed by atoms with Crippen LogP contribution < -0.4 is 0 Å². The Labute approximate surface area is 72.7 Å². The lowest BCUT2D eigenvalue weighted by Crippen LogP contribution is -1.93. The minimum absolute atomic E-state index is 0.0161. The summed E-state index contributed by atoms with van der Waals surface area (Å²) >= 11 is 0. The molecule has 0 bridgehead atoms. The van der Waals surface area contributed by atoms with Crippen molar-refractivity contribution in [1.82, 2.24) is 0 Å². The molecule has 12 heavy (non-hydrogen) atoms. The summed E-state index contributed by atoms with van der Waals surface area (Å²) in [5.41, 5.74) is 1.96. The molecule has 1 rings (SSSR count). The Bertz CT molecular complexity index is 282. The molecule has 0 aliphatic carbocycles. The first-order chi connectivity index (χ1) is 5.77. The third-order valence-corrected chi connectivity index (χ3v) is 1.83. The predicted octanol–water partition coefficient (Wildman–Crippen LogP) is 2.62. The molecular weight excluding hydrogens is 148 g/mol. The lowest BCUT2D eigenvalue weighted by atomic mass is 10.1. The lowest BCUT2D eigenvalue weighted by molar-refractivity contribution is 0.104. The van der Waals surface area contributed by atoms with Crippen molar-refractivity contribution in [2.75, 3.05) is 0 Å². The van der Waals surface area contributed by atoms with Crippen molar-refractivity contribution in [3.8, 4) is 0 Å². The average Bonchev–Trinajstić information content (AvgIpc) is 2.17. The van der Waals surface area contributed by atoms with Gasteiger partial charge in [-0.15, -0.1) is 0 Å². The van der Waals surface area contributed by atoms with Crippen LogP contribution in [-0.2, 0) is 6.42 Å². The van der Waals surface area contributed by atoms with Crippen LogP contribution in [-0.4, -0.2) is 5.78 Å². The molecule has 0 saturated heterocycles. The molecule has 0 radical (unpaired) electrons. The van der Waals surface area contributed by atoms with E-state index < -0.39 is 0 Å². The van der Waals surface area contributed by atoms with Gasteiger partial charge in [-0.2, -0.15) is 0 Å². The van der Waals surface area contributed by atoms with Crippen LogP contribution in [0.1, 0.15) is 22.8 Å². The normalized spacial score (nSPS) is 9.42. The van der Waals surface area contributed by atoms with Crippen LogP contribution in [0.4, 0.5) is 0 Å². The van der Waals surface area contributed by atoms with Gasteiger partial charge < -0.3 is 0 Å². The predicted molar refractivity (Wildman–Crippen MR) is 50.3 cm³/mol. The van der Waals surface area contributed by atoms with E-state index in [9.17, 15) is 4.79 Å². The first kappa shape index (κ1) is 8.72. The maximum Gasteiger partial charge on any atom is 0.185 e. The Morgan fingerprint density at radius 3 is 2.42 bits per heavy atom. The molecule has 0 saturated carbocycles. The number of hydrogen-bond donors (Lipinski definition) is 0. The van der Waals surface area contributed by atoms with Gasteiger partial charge in [0.05, 0.1) is 0 Å². The van der Waals surface area contributed by atoms with Gasteiger partial charge in [0.2, 0.25) is 0 Å². The van der Waals surface area contributed by atoms with E-state index in [1.165, 1.54) is 11.6 Å². The Kier molecular flexibility index (Phi) is 2.81. The van der Waals surface area contributed by atoms with Crippen LogP contribution in [0.25, 0.3) is 0 Å². The number of allylic oxidation sites excluding steroid dienone is 1. The number of ketones is 1. The quantitative estimate of drug-likeness (QED) is 0.490. The maximum absolute atomic E-state index is 11.1. The van der Waals surface area contributed by atoms with Crippen LogP contribution in [0.5, 0.6) is 0 Å². The summed E-state index contributed by atoms with van der Waals surface area (Å²) in [4.78, 5) is 11.1. The zero-order chi connectivity index (χ0) is 8.97. The van der Waals surface area contributed by atoms with Crippen molar-refractivity contribution < 1.29 is 4.79 Å². The van der Waals surface area contributed by atoms with Gasteiger partial charge in [0, 0.05) is 5.56 Å². The van der Waals surface area contributed by atoms with Crippen LogP contribution in [0.3, 0.4) is 0 Å². The summed E-state index contributed by atoms with van der Waals surface area (Å²) in [5, 5.41) is 0. The highest BCUT2D eigenvalue weighted by molar-refractivity contribution is 6.04. The molecule has 1 aromatic rings. The molecule has 62 valence electrons. The molecule has 1 aromatic carbocycles. The first-order valence-electron chi connectivity index (χ1n) is 4.03. The molecule has 0 unspecified atom stereocenters. The first-order valence-corrected chi connectivity index (χ1v) is 4.03. The van der Waals surface area contributed by atoms with E-state index in [2.05, 4.69) is 13.5 Å². The van der Waals surface area contributed by atoms with E-state index in [-0.39, 0.29) is 5.78 Å². The summed E-state index contributed by atoms with van der Waals surface area (Å²) in [5.74, 6) is -0.0161. The summed E-state index contributed by atoms with van der Waals surface area (Å²) in [6.45, 7) is 5.52. The van der Waals surface area contributed by atoms with E-state index in [0.717, 1.165) is 6.42 Å². The van der Waals surface area contributed by atoms with Gasteiger partial charge in [-0.25, -0.2) is 0 Å². The van der Waals surface area contributed by atoms with Gasteiger partial charge in [0.15, 0.2) is 5.78 Å². The maximum atomic E-state index is 11.1. The highest BCUT2D eigenvalue weighted by Crippen LogP contribution is 2.05. The second-order valence-corrected chi connectivity index (χ2v) is 2.62. The van der Waals surface area contributed by atoms with Gasteiger partial charge in [-0.3, -0.25) is 4.79 Å². The second kappa shape index (κ2) is 3.86. The molecule has 0 N–H and O–H groups in total. The fourth-order valence-corrected chi connectivity index (χ4v) is 1.02. The molecular formula is C11H12O. The fourth-order valence-electron chi connectivity index (χ4n) is 1.02. The van der Waals surface area contributed by atoms with Gasteiger partial charge in [0.1, 0.15) is 0 Å². The number of carbonyl (C=O) groups excluding carboxylic acids is 1. The minimum atomic E-state index is -0.0161. The van der Waals surface area contributed by atoms with Crippen LogP contribution in [0.15, 0.2) is 36.9 Å².